The first kappa shape index (κ1) is 19.2. The number of aromatic nitrogens is 3. The van der Waals surface area contributed by atoms with Crippen LogP contribution in [0.15, 0.2) is 24.7 Å². The second-order valence-electron chi connectivity index (χ2n) is 6.99. The highest BCUT2D eigenvalue weighted by Crippen LogP contribution is 2.32. The molecule has 1 atom stereocenters. The summed E-state index contributed by atoms with van der Waals surface area (Å²) in [6.07, 6.45) is 0.723. The van der Waals surface area contributed by atoms with E-state index < -0.39 is 12.0 Å². The molecule has 0 fully saturated rings. The van der Waals surface area contributed by atoms with Crippen molar-refractivity contribution >= 4 is 0 Å². The number of hydrogen-bond donors (Lipinski definition) is 1. The minimum atomic E-state index is -2.69. The van der Waals surface area contributed by atoms with Gasteiger partial charge in [-0.3, -0.25) is 4.98 Å². The molecule has 0 aromatic carbocycles. The predicted octanol–water partition coefficient (Wildman–Crippen LogP) is 3.93. The first-order chi connectivity index (χ1) is 11.7. The van der Waals surface area contributed by atoms with Crippen molar-refractivity contribution in [3.8, 4) is 17.1 Å². The highest BCUT2D eigenvalue weighted by atomic mass is 19.3. The van der Waals surface area contributed by atoms with Gasteiger partial charge in [-0.05, 0) is 38.3 Å². The summed E-state index contributed by atoms with van der Waals surface area (Å²) >= 11 is 0. The van der Waals surface area contributed by atoms with Crippen LogP contribution in [0.2, 0.25) is 0 Å². The summed E-state index contributed by atoms with van der Waals surface area (Å²) in [4.78, 5) is 12.3. The quantitative estimate of drug-likeness (QED) is 0.819. The van der Waals surface area contributed by atoms with Crippen LogP contribution in [0.25, 0.3) is 11.4 Å². The molecule has 0 bridgehead atoms. The predicted molar refractivity (Wildman–Crippen MR) is 92.5 cm³/mol. The van der Waals surface area contributed by atoms with Crippen LogP contribution in [0.3, 0.4) is 0 Å². The Bertz CT molecular complexity index is 720. The summed E-state index contributed by atoms with van der Waals surface area (Å²) in [5.74, 6) is 0.430. The Balaban J connectivity index is 2.25. The number of rotatable bonds is 7. The average molecular weight is 350 g/mol. The number of hydrogen-bond acceptors (Lipinski definition) is 5. The molecule has 0 amide bonds. The van der Waals surface area contributed by atoms with E-state index in [1.54, 1.807) is 13.0 Å². The second-order valence-corrected chi connectivity index (χ2v) is 6.99. The smallest absolute Gasteiger partial charge is 0.267 e. The molecule has 25 heavy (non-hydrogen) atoms. The fourth-order valence-corrected chi connectivity index (χ4v) is 2.72. The van der Waals surface area contributed by atoms with Gasteiger partial charge in [0.25, 0.3) is 6.43 Å². The highest BCUT2D eigenvalue weighted by Gasteiger charge is 2.23. The molecule has 0 spiro atoms. The number of halogens is 2. The summed E-state index contributed by atoms with van der Waals surface area (Å²) in [5.41, 5.74) is 6.93. The molecular formula is C18H24F2N4O. The third-order valence-corrected chi connectivity index (χ3v) is 3.63. The van der Waals surface area contributed by atoms with Crippen LogP contribution in [0.4, 0.5) is 8.78 Å². The van der Waals surface area contributed by atoms with Crippen LogP contribution in [0.5, 0.6) is 5.75 Å². The summed E-state index contributed by atoms with van der Waals surface area (Å²) in [6, 6.07) is 3.00. The van der Waals surface area contributed by atoms with Crippen molar-refractivity contribution < 1.29 is 13.5 Å². The summed E-state index contributed by atoms with van der Waals surface area (Å²) in [6.45, 7) is 7.89. The molecule has 2 heterocycles. The van der Waals surface area contributed by atoms with E-state index in [1.165, 1.54) is 18.6 Å². The van der Waals surface area contributed by atoms with Crippen LogP contribution in [0, 0.1) is 12.8 Å². The van der Waals surface area contributed by atoms with E-state index in [9.17, 15) is 8.78 Å². The molecule has 0 aliphatic heterocycles. The molecule has 2 aromatic heterocycles. The molecule has 7 heteroatoms. The fraction of sp³-hybridized carbons (Fsp3) is 0.500. The number of pyridine rings is 1. The molecule has 0 saturated heterocycles. The topological polar surface area (TPSA) is 73.9 Å². The van der Waals surface area contributed by atoms with Gasteiger partial charge in [-0.15, -0.1) is 0 Å². The molecule has 0 aliphatic carbocycles. The lowest BCUT2D eigenvalue weighted by Crippen LogP contribution is -2.43. The van der Waals surface area contributed by atoms with Gasteiger partial charge in [-0.25, -0.2) is 18.7 Å². The van der Waals surface area contributed by atoms with Gasteiger partial charge in [0.05, 0.1) is 23.1 Å². The van der Waals surface area contributed by atoms with Gasteiger partial charge in [-0.1, -0.05) is 13.8 Å². The zero-order chi connectivity index (χ0) is 18.6. The lowest BCUT2D eigenvalue weighted by atomic mass is 9.93. The molecule has 0 unspecified atom stereocenters. The van der Waals surface area contributed by atoms with E-state index in [1.807, 2.05) is 6.92 Å². The van der Waals surface area contributed by atoms with Crippen molar-refractivity contribution in [1.82, 2.24) is 15.0 Å². The minimum absolute atomic E-state index is 0.0463. The Morgan fingerprint density at radius 3 is 2.44 bits per heavy atom. The Morgan fingerprint density at radius 2 is 1.84 bits per heavy atom. The molecule has 0 aliphatic rings. The largest absolute Gasteiger partial charge is 0.490 e. The number of ether oxygens (including phenoxy) is 1. The van der Waals surface area contributed by atoms with Crippen molar-refractivity contribution in [2.45, 2.75) is 46.1 Å². The van der Waals surface area contributed by atoms with Gasteiger partial charge in [0.2, 0.25) is 0 Å². The maximum Gasteiger partial charge on any atom is 0.267 e. The summed E-state index contributed by atoms with van der Waals surface area (Å²) in [7, 11) is 0. The maximum atomic E-state index is 13.5. The van der Waals surface area contributed by atoms with Gasteiger partial charge in [0, 0.05) is 11.2 Å². The van der Waals surface area contributed by atoms with Crippen molar-refractivity contribution in [2.75, 3.05) is 6.61 Å². The van der Waals surface area contributed by atoms with E-state index >= 15 is 0 Å². The molecule has 2 aromatic rings. The molecule has 136 valence electrons. The van der Waals surface area contributed by atoms with Crippen molar-refractivity contribution in [3.05, 3.63) is 35.9 Å². The van der Waals surface area contributed by atoms with E-state index in [-0.39, 0.29) is 17.9 Å². The molecule has 0 radical (unpaired) electrons. The van der Waals surface area contributed by atoms with Crippen LogP contribution in [-0.2, 0) is 0 Å². The van der Waals surface area contributed by atoms with Crippen LogP contribution in [0.1, 0.15) is 44.9 Å². The Morgan fingerprint density at radius 1 is 1.16 bits per heavy atom. The molecule has 0 saturated carbocycles. The normalized spacial score (nSPS) is 14.0. The van der Waals surface area contributed by atoms with Crippen LogP contribution in [-0.4, -0.2) is 27.1 Å². The van der Waals surface area contributed by atoms with Gasteiger partial charge in [-0.2, -0.15) is 0 Å². The number of alkyl halides is 2. The van der Waals surface area contributed by atoms with Crippen molar-refractivity contribution in [3.63, 3.8) is 0 Å². The number of nitrogens with zero attached hydrogens (tertiary/aromatic N) is 3. The number of nitrogens with two attached hydrogens (primary N) is 1. The van der Waals surface area contributed by atoms with Gasteiger partial charge < -0.3 is 10.5 Å². The fourth-order valence-electron chi connectivity index (χ4n) is 2.72. The van der Waals surface area contributed by atoms with E-state index in [2.05, 4.69) is 28.8 Å². The van der Waals surface area contributed by atoms with Crippen LogP contribution < -0.4 is 10.5 Å². The van der Waals surface area contributed by atoms with E-state index in [0.29, 0.717) is 17.3 Å². The average Bonchev–Trinajstić information content (AvgIpc) is 2.51. The molecular weight excluding hydrogens is 326 g/mol. The Labute approximate surface area is 146 Å². The van der Waals surface area contributed by atoms with E-state index in [4.69, 9.17) is 10.5 Å². The molecule has 2 rings (SSSR count). The standard InChI is InChI=1S/C18H24F2N4O/c1-11(2)7-18(4,21)9-25-16-8-22-15(6-13(16)17(19)20)14-5-12(3)23-10-24-14/h5-6,8,10-11,17H,7,9,21H2,1-4H3/t18-/m0/s1. The number of aryl methyl sites for hydroxylation is 1. The van der Waals surface area contributed by atoms with E-state index in [0.717, 1.165) is 12.1 Å². The monoisotopic (exact) mass is 350 g/mol. The summed E-state index contributed by atoms with van der Waals surface area (Å²) < 4.78 is 32.5. The SMILES string of the molecule is Cc1cc(-c2cc(C(F)F)c(OC[C@@](C)(N)CC(C)C)cn2)ncn1. The Hall–Kier alpha value is -2.15. The zero-order valence-corrected chi connectivity index (χ0v) is 15.0. The third-order valence-electron chi connectivity index (χ3n) is 3.63. The lowest BCUT2D eigenvalue weighted by Gasteiger charge is -2.27. The van der Waals surface area contributed by atoms with Crippen molar-refractivity contribution in [1.29, 1.82) is 0 Å². The maximum absolute atomic E-state index is 13.5. The lowest BCUT2D eigenvalue weighted by molar-refractivity contribution is 0.139. The second kappa shape index (κ2) is 7.82. The van der Waals surface area contributed by atoms with Crippen molar-refractivity contribution in [2.24, 2.45) is 11.7 Å². The first-order valence-corrected chi connectivity index (χ1v) is 8.17. The molecule has 2 N–H and O–H groups in total. The minimum Gasteiger partial charge on any atom is -0.490 e. The van der Waals surface area contributed by atoms with Gasteiger partial charge in [0.1, 0.15) is 18.7 Å². The first-order valence-electron chi connectivity index (χ1n) is 8.17. The van der Waals surface area contributed by atoms with Gasteiger partial charge >= 0.3 is 0 Å². The van der Waals surface area contributed by atoms with Gasteiger partial charge in [0.15, 0.2) is 0 Å². The summed E-state index contributed by atoms with van der Waals surface area (Å²) in [5, 5.41) is 0. The highest BCUT2D eigenvalue weighted by molar-refractivity contribution is 5.57. The molecule has 5 nitrogen and oxygen atoms in total. The van der Waals surface area contributed by atoms with Crippen LogP contribution >= 0.6 is 0 Å². The third kappa shape index (κ3) is 5.42. The zero-order valence-electron chi connectivity index (χ0n) is 15.0. The Kier molecular flexibility index (Phi) is 6.00.